The van der Waals surface area contributed by atoms with Gasteiger partial charge in [0.2, 0.25) is 10.0 Å². The van der Waals surface area contributed by atoms with E-state index in [1.807, 2.05) is 12.1 Å². The number of fused-ring (bicyclic) bond motifs is 3. The lowest BCUT2D eigenvalue weighted by Crippen LogP contribution is -2.35. The Hall–Kier alpha value is -2.87. The molecular formula is C27H30N2O4S. The quantitative estimate of drug-likeness (QED) is 0.533. The fourth-order valence-corrected chi connectivity index (χ4v) is 6.98. The molecule has 3 aromatic carbocycles. The van der Waals surface area contributed by atoms with Gasteiger partial charge in [0.15, 0.2) is 0 Å². The summed E-state index contributed by atoms with van der Waals surface area (Å²) in [6.45, 7) is 3.46. The van der Waals surface area contributed by atoms with Crippen LogP contribution in [0.2, 0.25) is 0 Å². The van der Waals surface area contributed by atoms with E-state index in [0.717, 1.165) is 25.2 Å². The second-order valence-electron chi connectivity index (χ2n) is 9.06. The van der Waals surface area contributed by atoms with E-state index in [0.29, 0.717) is 30.5 Å². The number of ether oxygens (including phenoxy) is 2. The van der Waals surface area contributed by atoms with Gasteiger partial charge in [0.25, 0.3) is 0 Å². The van der Waals surface area contributed by atoms with Crippen LogP contribution >= 0.6 is 0 Å². The van der Waals surface area contributed by atoms with Crippen LogP contribution in [-0.2, 0) is 23.1 Å². The third kappa shape index (κ3) is 4.31. The topological polar surface area (TPSA) is 59.1 Å². The molecule has 0 radical (unpaired) electrons. The van der Waals surface area contributed by atoms with Gasteiger partial charge in [-0.2, -0.15) is 4.31 Å². The van der Waals surface area contributed by atoms with E-state index in [2.05, 4.69) is 47.4 Å². The average molecular weight is 479 g/mol. The second-order valence-corrected chi connectivity index (χ2v) is 11.0. The molecule has 2 aliphatic rings. The van der Waals surface area contributed by atoms with Crippen molar-refractivity contribution in [1.82, 2.24) is 9.21 Å². The van der Waals surface area contributed by atoms with Crippen LogP contribution in [0.3, 0.4) is 0 Å². The van der Waals surface area contributed by atoms with Crippen LogP contribution in [0.4, 0.5) is 0 Å². The highest BCUT2D eigenvalue weighted by Crippen LogP contribution is 2.41. The number of rotatable bonds is 6. The van der Waals surface area contributed by atoms with Gasteiger partial charge in [0.05, 0.1) is 14.2 Å². The fourth-order valence-electron chi connectivity index (χ4n) is 5.33. The standard InChI is InChI=1S/C27H30N2O4S/c1-32-23-12-13-26(33-2)27(14-23)34(30,31)29-17-21-10-6-7-11-24(21)25-19-28(16-22(25)18-29)15-20-8-4-3-5-9-20/h3-14,22,25H,15-19H2,1-2H3. The van der Waals surface area contributed by atoms with Gasteiger partial charge in [0.1, 0.15) is 16.4 Å². The Labute approximate surface area is 201 Å². The van der Waals surface area contributed by atoms with E-state index in [1.54, 1.807) is 22.5 Å². The van der Waals surface area contributed by atoms with Gasteiger partial charge in [-0.15, -0.1) is 0 Å². The Bertz CT molecular complexity index is 1260. The van der Waals surface area contributed by atoms with Crippen LogP contribution in [0.25, 0.3) is 0 Å². The largest absolute Gasteiger partial charge is 0.497 e. The summed E-state index contributed by atoms with van der Waals surface area (Å²) in [5.41, 5.74) is 3.61. The molecule has 34 heavy (non-hydrogen) atoms. The number of hydrogen-bond donors (Lipinski definition) is 0. The molecular weight excluding hydrogens is 448 g/mol. The average Bonchev–Trinajstić information content (AvgIpc) is 3.18. The molecule has 7 heteroatoms. The molecule has 6 nitrogen and oxygen atoms in total. The van der Waals surface area contributed by atoms with Gasteiger partial charge in [-0.05, 0) is 34.7 Å². The van der Waals surface area contributed by atoms with Crippen LogP contribution in [0.15, 0.2) is 77.7 Å². The van der Waals surface area contributed by atoms with E-state index < -0.39 is 10.0 Å². The number of benzene rings is 3. The molecule has 0 aromatic heterocycles. The fraction of sp³-hybridized carbons (Fsp3) is 0.333. The Morgan fingerprint density at radius 1 is 0.882 bits per heavy atom. The molecule has 0 spiro atoms. The van der Waals surface area contributed by atoms with Crippen molar-refractivity contribution in [3.05, 3.63) is 89.5 Å². The summed E-state index contributed by atoms with van der Waals surface area (Å²) in [4.78, 5) is 2.59. The van der Waals surface area contributed by atoms with Crippen molar-refractivity contribution >= 4 is 10.0 Å². The van der Waals surface area contributed by atoms with Crippen LogP contribution in [-0.4, -0.2) is 51.5 Å². The third-order valence-corrected chi connectivity index (χ3v) is 8.83. The number of sulfonamides is 1. The minimum atomic E-state index is -3.81. The molecule has 178 valence electrons. The smallest absolute Gasteiger partial charge is 0.247 e. The zero-order chi connectivity index (χ0) is 23.7. The van der Waals surface area contributed by atoms with Crippen molar-refractivity contribution in [3.63, 3.8) is 0 Å². The molecule has 0 aliphatic carbocycles. The van der Waals surface area contributed by atoms with E-state index in [4.69, 9.17) is 9.47 Å². The number of hydrogen-bond acceptors (Lipinski definition) is 5. The van der Waals surface area contributed by atoms with Crippen molar-refractivity contribution in [3.8, 4) is 11.5 Å². The highest BCUT2D eigenvalue weighted by molar-refractivity contribution is 7.89. The maximum atomic E-state index is 13.9. The van der Waals surface area contributed by atoms with Crippen molar-refractivity contribution in [2.24, 2.45) is 5.92 Å². The molecule has 0 N–H and O–H groups in total. The van der Waals surface area contributed by atoms with E-state index in [9.17, 15) is 8.42 Å². The molecule has 2 aliphatic heterocycles. The minimum absolute atomic E-state index is 0.143. The summed E-state index contributed by atoms with van der Waals surface area (Å²) in [5.74, 6) is 1.32. The summed E-state index contributed by atoms with van der Waals surface area (Å²) in [6, 6.07) is 23.6. The summed E-state index contributed by atoms with van der Waals surface area (Å²) >= 11 is 0. The maximum Gasteiger partial charge on any atom is 0.247 e. The first-order valence-corrected chi connectivity index (χ1v) is 13.0. The molecule has 2 heterocycles. The Morgan fingerprint density at radius 3 is 2.41 bits per heavy atom. The molecule has 5 rings (SSSR count). The lowest BCUT2D eigenvalue weighted by molar-refractivity contribution is 0.292. The Kier molecular flexibility index (Phi) is 6.34. The summed E-state index contributed by atoms with van der Waals surface area (Å²) in [7, 11) is -0.783. The van der Waals surface area contributed by atoms with Crippen molar-refractivity contribution in [1.29, 1.82) is 0 Å². The summed E-state index contributed by atoms with van der Waals surface area (Å²) in [6.07, 6.45) is 0. The van der Waals surface area contributed by atoms with E-state index in [1.165, 1.54) is 25.3 Å². The zero-order valence-electron chi connectivity index (χ0n) is 19.6. The third-order valence-electron chi connectivity index (χ3n) is 6.99. The first-order valence-electron chi connectivity index (χ1n) is 11.6. The Balaban J connectivity index is 1.49. The van der Waals surface area contributed by atoms with Gasteiger partial charge >= 0.3 is 0 Å². The highest BCUT2D eigenvalue weighted by Gasteiger charge is 2.41. The molecule has 0 saturated carbocycles. The summed E-state index contributed by atoms with van der Waals surface area (Å²) in [5, 5.41) is 0. The van der Waals surface area contributed by atoms with Gasteiger partial charge in [-0.1, -0.05) is 54.6 Å². The van der Waals surface area contributed by atoms with Gasteiger partial charge in [-0.3, -0.25) is 4.90 Å². The number of methoxy groups -OCH3 is 2. The molecule has 1 fully saturated rings. The molecule has 2 atom stereocenters. The molecule has 0 bridgehead atoms. The van der Waals surface area contributed by atoms with Crippen LogP contribution in [0, 0.1) is 5.92 Å². The number of likely N-dealkylation sites (tertiary alicyclic amines) is 1. The lowest BCUT2D eigenvalue weighted by Gasteiger charge is -2.25. The van der Waals surface area contributed by atoms with Crippen molar-refractivity contribution < 1.29 is 17.9 Å². The van der Waals surface area contributed by atoms with Crippen LogP contribution < -0.4 is 9.47 Å². The van der Waals surface area contributed by atoms with E-state index >= 15 is 0 Å². The minimum Gasteiger partial charge on any atom is -0.497 e. The molecule has 2 unspecified atom stereocenters. The predicted octanol–water partition coefficient (Wildman–Crippen LogP) is 4.12. The van der Waals surface area contributed by atoms with E-state index in [-0.39, 0.29) is 10.8 Å². The first-order chi connectivity index (χ1) is 16.5. The zero-order valence-corrected chi connectivity index (χ0v) is 20.4. The predicted molar refractivity (Wildman–Crippen MR) is 132 cm³/mol. The molecule has 3 aromatic rings. The number of nitrogens with zero attached hydrogens (tertiary/aromatic N) is 2. The maximum absolute atomic E-state index is 13.9. The van der Waals surface area contributed by atoms with Crippen LogP contribution in [0.1, 0.15) is 22.6 Å². The van der Waals surface area contributed by atoms with Gasteiger partial charge in [-0.25, -0.2) is 8.42 Å². The molecule has 0 amide bonds. The monoisotopic (exact) mass is 478 g/mol. The summed E-state index contributed by atoms with van der Waals surface area (Å²) < 4.78 is 40.2. The van der Waals surface area contributed by atoms with Crippen molar-refractivity contribution in [2.45, 2.75) is 23.9 Å². The second kappa shape index (κ2) is 9.41. The van der Waals surface area contributed by atoms with Gasteiger partial charge in [0, 0.05) is 44.7 Å². The highest BCUT2D eigenvalue weighted by atomic mass is 32.2. The first kappa shape index (κ1) is 22.9. The SMILES string of the molecule is COc1ccc(OC)c(S(=O)(=O)N2Cc3ccccc3C3CN(Cc4ccccc4)CC3C2)c1. The lowest BCUT2D eigenvalue weighted by atomic mass is 9.87. The van der Waals surface area contributed by atoms with Crippen LogP contribution in [0.5, 0.6) is 11.5 Å². The molecule has 1 saturated heterocycles. The normalized spacial score (nSPS) is 20.9. The Morgan fingerprint density at radius 2 is 1.65 bits per heavy atom. The van der Waals surface area contributed by atoms with Crippen molar-refractivity contribution in [2.75, 3.05) is 33.9 Å². The van der Waals surface area contributed by atoms with Gasteiger partial charge < -0.3 is 9.47 Å².